The fraction of sp³-hybridized carbons (Fsp3) is 0.300. The first-order valence-corrected chi connectivity index (χ1v) is 17.5. The van der Waals surface area contributed by atoms with E-state index in [1.807, 2.05) is 114 Å². The van der Waals surface area contributed by atoms with Gasteiger partial charge in [0.15, 0.2) is 0 Å². The summed E-state index contributed by atoms with van der Waals surface area (Å²) in [5.41, 5.74) is 5.41. The second kappa shape index (κ2) is 13.6. The zero-order valence-corrected chi connectivity index (χ0v) is 31.2. The van der Waals surface area contributed by atoms with Crippen molar-refractivity contribution in [3.8, 4) is 22.5 Å². The van der Waals surface area contributed by atoms with Crippen LogP contribution in [0.25, 0.3) is 22.5 Å². The van der Waals surface area contributed by atoms with Gasteiger partial charge in [0, 0.05) is 23.5 Å². The van der Waals surface area contributed by atoms with Crippen LogP contribution in [0.15, 0.2) is 103 Å². The highest BCUT2D eigenvalue weighted by Crippen LogP contribution is 2.43. The Balaban J connectivity index is 1.47. The van der Waals surface area contributed by atoms with Gasteiger partial charge in [-0.2, -0.15) is 0 Å². The molecule has 244 valence electrons. The van der Waals surface area contributed by atoms with Gasteiger partial charge in [-0.05, 0) is 81.4 Å². The van der Waals surface area contributed by atoms with E-state index in [2.05, 4.69) is 9.97 Å². The Hall–Kier alpha value is -3.54. The van der Waals surface area contributed by atoms with Crippen molar-refractivity contribution < 1.29 is 9.31 Å². The van der Waals surface area contributed by atoms with Crippen molar-refractivity contribution in [3.05, 3.63) is 137 Å². The zero-order chi connectivity index (χ0) is 38.8. The van der Waals surface area contributed by atoms with Gasteiger partial charge >= 0.3 is 7.12 Å². The minimum atomic E-state index is -1.95. The third-order valence-corrected chi connectivity index (χ3v) is 11.1. The van der Waals surface area contributed by atoms with Crippen LogP contribution < -0.4 is 5.46 Å². The van der Waals surface area contributed by atoms with Crippen LogP contribution in [0.5, 0.6) is 0 Å². The standard InChI is InChI=1S/C40H35B9N2O2/c1-24-17-33(26-13-9-7-10-14-26)50-22-31(24)39(45,46)37(41,42)28-19-29(21-30(20-28)49-52-35(3,4)36(5,6)53-49)38(43,44)40(47,48)32-23-51-34(18-25(32)2)27-15-11-8-12-16-27/h7-23H,1-6H3. The van der Waals surface area contributed by atoms with E-state index in [-0.39, 0.29) is 11.1 Å². The van der Waals surface area contributed by atoms with Crippen molar-refractivity contribution >= 4 is 75.4 Å². The smallest absolute Gasteiger partial charge is 0.399 e. The molecule has 1 fully saturated rings. The molecule has 1 saturated heterocycles. The number of hydrogen-bond donors (Lipinski definition) is 0. The number of aromatic nitrogens is 2. The number of rotatable bonds is 9. The monoisotopic (exact) mass is 674 g/mol. The summed E-state index contributed by atoms with van der Waals surface area (Å²) in [6.45, 7) is 11.5. The first-order chi connectivity index (χ1) is 24.6. The molecular weight excluding hydrogens is 638 g/mol. The lowest BCUT2D eigenvalue weighted by atomic mass is 9.25. The van der Waals surface area contributed by atoms with Crippen molar-refractivity contribution in [3.63, 3.8) is 0 Å². The molecule has 16 radical (unpaired) electrons. The third kappa shape index (κ3) is 6.86. The Kier molecular flexibility index (Phi) is 10.1. The average Bonchev–Trinajstić information content (AvgIpc) is 3.34. The normalized spacial score (nSPS) is 16.1. The van der Waals surface area contributed by atoms with Crippen LogP contribution >= 0.6 is 0 Å². The summed E-state index contributed by atoms with van der Waals surface area (Å²) in [7, 11) is 55.1. The molecule has 2 aromatic heterocycles. The van der Waals surface area contributed by atoms with E-state index in [1.165, 1.54) is 0 Å². The molecule has 0 atom stereocenters. The molecule has 5 aromatic rings. The number of hydrogen-bond acceptors (Lipinski definition) is 4. The van der Waals surface area contributed by atoms with Gasteiger partial charge < -0.3 is 9.31 Å². The summed E-state index contributed by atoms with van der Waals surface area (Å²) in [6, 6.07) is 28.4. The van der Waals surface area contributed by atoms with Crippen LogP contribution in [0.1, 0.15) is 61.1 Å². The van der Waals surface area contributed by atoms with Crippen LogP contribution in [0.3, 0.4) is 0 Å². The summed E-state index contributed by atoms with van der Waals surface area (Å²) in [4.78, 5) is 9.32. The lowest BCUT2D eigenvalue weighted by molar-refractivity contribution is 0.00578. The molecule has 0 aliphatic carbocycles. The van der Waals surface area contributed by atoms with E-state index < -0.39 is 39.2 Å². The van der Waals surface area contributed by atoms with Gasteiger partial charge in [0.05, 0.1) is 85.4 Å². The molecule has 1 aliphatic rings. The Morgan fingerprint density at radius 3 is 1.21 bits per heavy atom. The third-order valence-electron chi connectivity index (χ3n) is 11.1. The highest BCUT2D eigenvalue weighted by atomic mass is 16.7. The maximum atomic E-state index is 7.03. The molecule has 1 aliphatic heterocycles. The minimum Gasteiger partial charge on any atom is -0.399 e. The molecule has 0 spiro atoms. The molecule has 0 saturated carbocycles. The largest absolute Gasteiger partial charge is 0.494 e. The van der Waals surface area contributed by atoms with E-state index in [4.69, 9.17) is 72.1 Å². The predicted molar refractivity (Wildman–Crippen MR) is 224 cm³/mol. The van der Waals surface area contributed by atoms with Crippen molar-refractivity contribution in [1.29, 1.82) is 0 Å². The maximum Gasteiger partial charge on any atom is 0.494 e. The topological polar surface area (TPSA) is 44.2 Å². The Bertz CT molecular complexity index is 1990. The van der Waals surface area contributed by atoms with E-state index in [0.29, 0.717) is 16.6 Å². The van der Waals surface area contributed by atoms with E-state index in [9.17, 15) is 0 Å². The fourth-order valence-corrected chi connectivity index (χ4v) is 6.68. The Morgan fingerprint density at radius 1 is 0.509 bits per heavy atom. The molecule has 6 rings (SSSR count). The van der Waals surface area contributed by atoms with Gasteiger partial charge in [0.25, 0.3) is 0 Å². The summed E-state index contributed by atoms with van der Waals surface area (Å²) in [5, 5.41) is -7.63. The minimum absolute atomic E-state index is 0.279. The van der Waals surface area contributed by atoms with Crippen molar-refractivity contribution in [2.45, 2.75) is 73.6 Å². The van der Waals surface area contributed by atoms with Crippen LogP contribution in [0, 0.1) is 13.8 Å². The summed E-state index contributed by atoms with van der Waals surface area (Å²) in [5.74, 6) is 0. The Morgan fingerprint density at radius 2 is 0.868 bits per heavy atom. The zero-order valence-electron chi connectivity index (χ0n) is 31.2. The SMILES string of the molecule is [B]C([B])(c1cc(B2OC(C)(C)C(C)(C)O2)cc(C([B])([B])C([B])([B])c2cnc(-c3ccccc3)cc2C)c1)C([B])([B])c1cnc(-c2ccccc2)cc1C. The summed E-state index contributed by atoms with van der Waals surface area (Å²) in [6.07, 6.45) is 3.20. The predicted octanol–water partition coefficient (Wildman–Crippen LogP) is 4.09. The molecule has 13 heteroatoms. The maximum absolute atomic E-state index is 7.03. The summed E-state index contributed by atoms with van der Waals surface area (Å²) < 4.78 is 12.9. The molecule has 0 N–H and O–H groups in total. The molecule has 53 heavy (non-hydrogen) atoms. The lowest BCUT2D eigenvalue weighted by Crippen LogP contribution is -2.55. The molecule has 3 heterocycles. The van der Waals surface area contributed by atoms with Crippen molar-refractivity contribution in [2.24, 2.45) is 0 Å². The van der Waals surface area contributed by atoms with Crippen molar-refractivity contribution in [2.75, 3.05) is 0 Å². The number of benzene rings is 3. The number of nitrogens with zero attached hydrogens (tertiary/aromatic N) is 2. The molecule has 3 aromatic carbocycles. The fourth-order valence-electron chi connectivity index (χ4n) is 6.68. The quantitative estimate of drug-likeness (QED) is 0.222. The molecule has 0 unspecified atom stereocenters. The van der Waals surface area contributed by atoms with Gasteiger partial charge in [0.2, 0.25) is 0 Å². The highest BCUT2D eigenvalue weighted by molar-refractivity contribution is 6.63. The Labute approximate surface area is 326 Å². The van der Waals surface area contributed by atoms with Gasteiger partial charge in [-0.25, -0.2) is 0 Å². The van der Waals surface area contributed by atoms with E-state index >= 15 is 0 Å². The van der Waals surface area contributed by atoms with Gasteiger partial charge in [-0.1, -0.05) is 111 Å². The summed E-state index contributed by atoms with van der Waals surface area (Å²) >= 11 is 0. The highest BCUT2D eigenvalue weighted by Gasteiger charge is 2.52. The first kappa shape index (κ1) is 39.2. The van der Waals surface area contributed by atoms with E-state index in [0.717, 1.165) is 33.6 Å². The lowest BCUT2D eigenvalue weighted by Gasteiger charge is -2.49. The van der Waals surface area contributed by atoms with Gasteiger partial charge in [-0.3, -0.25) is 9.97 Å². The molecule has 0 bridgehead atoms. The first-order valence-electron chi connectivity index (χ1n) is 17.5. The second-order valence-corrected chi connectivity index (χ2v) is 15.4. The van der Waals surface area contributed by atoms with Crippen LogP contribution in [0.4, 0.5) is 0 Å². The second-order valence-electron chi connectivity index (χ2n) is 15.4. The van der Waals surface area contributed by atoms with Crippen LogP contribution in [-0.4, -0.2) is 91.1 Å². The van der Waals surface area contributed by atoms with Crippen molar-refractivity contribution in [1.82, 2.24) is 9.97 Å². The van der Waals surface area contributed by atoms with Gasteiger partial charge in [-0.15, -0.1) is 0 Å². The van der Waals surface area contributed by atoms with Gasteiger partial charge in [0.1, 0.15) is 0 Å². The molecule has 4 nitrogen and oxygen atoms in total. The molecule has 0 amide bonds. The number of aryl methyl sites for hydroxylation is 2. The molecular formula is C40H35B9N2O2. The van der Waals surface area contributed by atoms with Crippen LogP contribution in [0.2, 0.25) is 0 Å². The number of pyridine rings is 2. The van der Waals surface area contributed by atoms with Crippen LogP contribution in [-0.2, 0) is 30.2 Å². The average molecular weight is 673 g/mol. The van der Waals surface area contributed by atoms with E-state index in [1.54, 1.807) is 30.6 Å².